The van der Waals surface area contributed by atoms with Crippen molar-refractivity contribution in [2.24, 2.45) is 0 Å². The molecule has 0 fully saturated rings. The van der Waals surface area contributed by atoms with Crippen LogP contribution in [0.1, 0.15) is 42.7 Å². The maximum atomic E-state index is 13.1. The molecule has 26 heavy (non-hydrogen) atoms. The van der Waals surface area contributed by atoms with Gasteiger partial charge in [0.1, 0.15) is 0 Å². The third-order valence-corrected chi connectivity index (χ3v) is 5.53. The average molecular weight is 366 g/mol. The van der Waals surface area contributed by atoms with Crippen LogP contribution in [0, 0.1) is 6.92 Å². The van der Waals surface area contributed by atoms with Gasteiger partial charge in [0, 0.05) is 30.0 Å². The normalized spacial score (nSPS) is 20.4. The SMILES string of the molecule is Cc1cccc(C2CC(=O)N(c3ccccc3Cl)C3=C2C(=O)CCC3)c1. The fraction of sp³-hybridized carbons (Fsp3) is 0.273. The maximum absolute atomic E-state index is 13.1. The summed E-state index contributed by atoms with van der Waals surface area (Å²) in [6, 6.07) is 15.4. The number of anilines is 1. The standard InChI is InChI=1S/C22H20ClNO2/c1-14-6-4-7-15(12-14)16-13-21(26)24(18-9-3-2-8-17(18)23)19-10-5-11-20(25)22(16)19/h2-4,6-9,12,16H,5,10-11,13H2,1H3. The third-order valence-electron chi connectivity index (χ3n) is 5.21. The highest BCUT2D eigenvalue weighted by Crippen LogP contribution is 2.44. The van der Waals surface area contributed by atoms with Crippen LogP contribution in [0.4, 0.5) is 5.69 Å². The predicted molar refractivity (Wildman–Crippen MR) is 103 cm³/mol. The first kappa shape index (κ1) is 17.0. The second kappa shape index (κ2) is 6.73. The molecule has 1 aliphatic heterocycles. The zero-order valence-electron chi connectivity index (χ0n) is 14.7. The number of allylic oxidation sites excluding steroid dienone is 2. The van der Waals surface area contributed by atoms with Gasteiger partial charge in [-0.3, -0.25) is 14.5 Å². The number of aryl methyl sites for hydroxylation is 1. The number of carbonyl (C=O) groups is 2. The molecule has 1 amide bonds. The quantitative estimate of drug-likeness (QED) is 0.735. The van der Waals surface area contributed by atoms with Gasteiger partial charge in [-0.1, -0.05) is 53.6 Å². The fourth-order valence-electron chi connectivity index (χ4n) is 4.08. The van der Waals surface area contributed by atoms with E-state index in [4.69, 9.17) is 11.6 Å². The Bertz CT molecular complexity index is 931. The molecule has 4 rings (SSSR count). The van der Waals surface area contributed by atoms with Crippen molar-refractivity contribution in [3.8, 4) is 0 Å². The average Bonchev–Trinajstić information content (AvgIpc) is 2.62. The highest BCUT2D eigenvalue weighted by Gasteiger charge is 2.40. The molecule has 132 valence electrons. The van der Waals surface area contributed by atoms with Crippen LogP contribution >= 0.6 is 11.6 Å². The summed E-state index contributed by atoms with van der Waals surface area (Å²) in [4.78, 5) is 27.6. The number of carbonyl (C=O) groups excluding carboxylic acids is 2. The molecule has 0 spiro atoms. The second-order valence-corrected chi connectivity index (χ2v) is 7.40. The number of nitrogens with zero attached hydrogens (tertiary/aromatic N) is 1. The van der Waals surface area contributed by atoms with Crippen LogP contribution in [0.5, 0.6) is 0 Å². The van der Waals surface area contributed by atoms with Crippen molar-refractivity contribution < 1.29 is 9.59 Å². The molecule has 1 heterocycles. The van der Waals surface area contributed by atoms with Crippen molar-refractivity contribution >= 4 is 29.0 Å². The maximum Gasteiger partial charge on any atom is 0.232 e. The van der Waals surface area contributed by atoms with E-state index in [1.807, 2.05) is 43.3 Å². The Labute approximate surface area is 158 Å². The molecule has 4 heteroatoms. The predicted octanol–water partition coefficient (Wildman–Crippen LogP) is 5.18. The molecule has 2 aromatic carbocycles. The van der Waals surface area contributed by atoms with Gasteiger partial charge in [-0.15, -0.1) is 0 Å². The van der Waals surface area contributed by atoms with Gasteiger partial charge in [0.2, 0.25) is 5.91 Å². The minimum absolute atomic E-state index is 0.00180. The van der Waals surface area contributed by atoms with Crippen molar-refractivity contribution in [1.82, 2.24) is 0 Å². The molecule has 2 aromatic rings. The summed E-state index contributed by atoms with van der Waals surface area (Å²) in [5, 5.41) is 0.528. The number of benzene rings is 2. The zero-order valence-corrected chi connectivity index (χ0v) is 15.4. The van der Waals surface area contributed by atoms with Crippen molar-refractivity contribution in [2.45, 2.75) is 38.5 Å². The first-order valence-electron chi connectivity index (χ1n) is 8.96. The number of rotatable bonds is 2. The van der Waals surface area contributed by atoms with Crippen molar-refractivity contribution in [3.63, 3.8) is 0 Å². The van der Waals surface area contributed by atoms with E-state index < -0.39 is 0 Å². The van der Waals surface area contributed by atoms with Crippen molar-refractivity contribution in [2.75, 3.05) is 4.90 Å². The third kappa shape index (κ3) is 2.86. The molecule has 1 aliphatic carbocycles. The number of Topliss-reactive ketones (excluding diaryl/α,β-unsaturated/α-hetero) is 1. The molecule has 1 unspecified atom stereocenters. The lowest BCUT2D eigenvalue weighted by Crippen LogP contribution is -2.40. The first-order valence-corrected chi connectivity index (χ1v) is 9.34. The summed E-state index contributed by atoms with van der Waals surface area (Å²) in [7, 11) is 0. The number of amides is 1. The smallest absolute Gasteiger partial charge is 0.232 e. The van der Waals surface area contributed by atoms with Crippen LogP contribution in [0.15, 0.2) is 59.8 Å². The van der Waals surface area contributed by atoms with Crippen molar-refractivity contribution in [1.29, 1.82) is 0 Å². The summed E-state index contributed by atoms with van der Waals surface area (Å²) >= 11 is 6.36. The number of ketones is 1. The van der Waals surface area contributed by atoms with E-state index in [9.17, 15) is 9.59 Å². The summed E-state index contributed by atoms with van der Waals surface area (Å²) in [5.74, 6) is -0.00990. The number of para-hydroxylation sites is 1. The van der Waals surface area contributed by atoms with Crippen LogP contribution in [0.3, 0.4) is 0 Å². The topological polar surface area (TPSA) is 37.4 Å². The Hall–Kier alpha value is -2.39. The van der Waals surface area contributed by atoms with Gasteiger partial charge in [0.05, 0.1) is 10.7 Å². The van der Waals surface area contributed by atoms with Crippen LogP contribution in [-0.2, 0) is 9.59 Å². The molecule has 0 N–H and O–H groups in total. The van der Waals surface area contributed by atoms with Crippen LogP contribution in [0.2, 0.25) is 5.02 Å². The Balaban J connectivity index is 1.89. The second-order valence-electron chi connectivity index (χ2n) is 6.99. The molecular weight excluding hydrogens is 346 g/mol. The molecule has 0 radical (unpaired) electrons. The van der Waals surface area contributed by atoms with E-state index >= 15 is 0 Å². The van der Waals surface area contributed by atoms with Crippen LogP contribution in [-0.4, -0.2) is 11.7 Å². The van der Waals surface area contributed by atoms with Gasteiger partial charge < -0.3 is 0 Å². The lowest BCUT2D eigenvalue weighted by Gasteiger charge is -2.38. The number of halogens is 1. The van der Waals surface area contributed by atoms with Crippen LogP contribution < -0.4 is 4.90 Å². The van der Waals surface area contributed by atoms with Gasteiger partial charge in [0.15, 0.2) is 5.78 Å². The molecule has 2 aliphatic rings. The highest BCUT2D eigenvalue weighted by molar-refractivity contribution is 6.34. The number of hydrogen-bond acceptors (Lipinski definition) is 2. The minimum atomic E-state index is -0.163. The molecule has 0 saturated heterocycles. The lowest BCUT2D eigenvalue weighted by atomic mass is 9.77. The van der Waals surface area contributed by atoms with Gasteiger partial charge in [-0.05, 0) is 37.5 Å². The summed E-state index contributed by atoms with van der Waals surface area (Å²) < 4.78 is 0. The molecule has 0 bridgehead atoms. The summed E-state index contributed by atoms with van der Waals surface area (Å²) in [6.07, 6.45) is 2.33. The van der Waals surface area contributed by atoms with Gasteiger partial charge in [-0.25, -0.2) is 0 Å². The number of hydrogen-bond donors (Lipinski definition) is 0. The molecule has 0 saturated carbocycles. The molecule has 3 nitrogen and oxygen atoms in total. The Kier molecular flexibility index (Phi) is 4.41. The van der Waals surface area contributed by atoms with E-state index in [-0.39, 0.29) is 17.6 Å². The van der Waals surface area contributed by atoms with E-state index in [2.05, 4.69) is 6.07 Å². The zero-order chi connectivity index (χ0) is 18.3. The molecule has 0 aromatic heterocycles. The van der Waals surface area contributed by atoms with Gasteiger partial charge in [-0.2, -0.15) is 0 Å². The molecular formula is C22H20ClNO2. The van der Waals surface area contributed by atoms with Crippen molar-refractivity contribution in [3.05, 3.63) is 76.0 Å². The van der Waals surface area contributed by atoms with Gasteiger partial charge in [0.25, 0.3) is 0 Å². The Morgan fingerprint density at radius 2 is 1.85 bits per heavy atom. The largest absolute Gasteiger partial charge is 0.294 e. The minimum Gasteiger partial charge on any atom is -0.294 e. The lowest BCUT2D eigenvalue weighted by molar-refractivity contribution is -0.119. The molecule has 1 atom stereocenters. The van der Waals surface area contributed by atoms with Gasteiger partial charge >= 0.3 is 0 Å². The Morgan fingerprint density at radius 1 is 1.04 bits per heavy atom. The Morgan fingerprint density at radius 3 is 2.62 bits per heavy atom. The summed E-state index contributed by atoms with van der Waals surface area (Å²) in [5.41, 5.74) is 4.47. The monoisotopic (exact) mass is 365 g/mol. The van der Waals surface area contributed by atoms with E-state index in [0.717, 1.165) is 35.2 Å². The van der Waals surface area contributed by atoms with E-state index in [1.165, 1.54) is 0 Å². The van der Waals surface area contributed by atoms with E-state index in [0.29, 0.717) is 23.6 Å². The highest BCUT2D eigenvalue weighted by atomic mass is 35.5. The summed E-state index contributed by atoms with van der Waals surface area (Å²) in [6.45, 7) is 2.03. The fourth-order valence-corrected chi connectivity index (χ4v) is 4.30. The van der Waals surface area contributed by atoms with E-state index in [1.54, 1.807) is 11.0 Å². The first-order chi connectivity index (χ1) is 12.6. The van der Waals surface area contributed by atoms with Crippen LogP contribution in [0.25, 0.3) is 0 Å².